The lowest BCUT2D eigenvalue weighted by atomic mass is 9.88. The van der Waals surface area contributed by atoms with Gasteiger partial charge < -0.3 is 4.89 Å². The highest BCUT2D eigenvalue weighted by atomic mass is 31.2. The summed E-state index contributed by atoms with van der Waals surface area (Å²) >= 11 is 0. The van der Waals surface area contributed by atoms with E-state index in [9.17, 15) is 79.2 Å². The van der Waals surface area contributed by atoms with E-state index >= 15 is 0 Å². The van der Waals surface area contributed by atoms with Crippen LogP contribution in [0.3, 0.4) is 0 Å². The molecule has 0 saturated heterocycles. The first kappa shape index (κ1) is 32.9. The lowest BCUT2D eigenvalue weighted by molar-refractivity contribution is -0.461. The Morgan fingerprint density at radius 2 is 0.912 bits per heavy atom. The summed E-state index contributed by atoms with van der Waals surface area (Å²) in [6, 6.07) is 0. The first-order chi connectivity index (χ1) is 14.5. The van der Waals surface area contributed by atoms with Crippen molar-refractivity contribution >= 4 is 7.82 Å². The van der Waals surface area contributed by atoms with Gasteiger partial charge in [0.1, 0.15) is 0 Å². The highest BCUT2D eigenvalue weighted by Crippen LogP contribution is 2.64. The predicted octanol–water partition coefficient (Wildman–Crippen LogP) is 6.54. The van der Waals surface area contributed by atoms with Crippen molar-refractivity contribution in [3.05, 3.63) is 0 Å². The highest BCUT2D eigenvalue weighted by Gasteiger charge is 2.95. The van der Waals surface area contributed by atoms with Crippen LogP contribution < -0.4 is 0 Å². The summed E-state index contributed by atoms with van der Waals surface area (Å²) in [6.45, 7) is -1.94. The fourth-order valence-corrected chi connectivity index (χ4v) is 2.57. The number of rotatable bonds is 12. The molecule has 0 bridgehead atoms. The van der Waals surface area contributed by atoms with Crippen LogP contribution in [-0.2, 0) is 13.6 Å². The van der Waals surface area contributed by atoms with Gasteiger partial charge in [0.05, 0.1) is 13.2 Å². The minimum absolute atomic E-state index is 0.698. The van der Waals surface area contributed by atoms with Crippen LogP contribution in [-0.4, -0.2) is 65.7 Å². The van der Waals surface area contributed by atoms with E-state index in [-0.39, 0.29) is 0 Å². The van der Waals surface area contributed by atoms with E-state index in [4.69, 9.17) is 4.89 Å². The van der Waals surface area contributed by atoms with Crippen LogP contribution in [0.2, 0.25) is 0 Å². The van der Waals surface area contributed by atoms with Gasteiger partial charge in [0.25, 0.3) is 0 Å². The Balaban J connectivity index is 6.32. The minimum atomic E-state index is -8.71. The molecule has 0 spiro atoms. The van der Waals surface area contributed by atoms with Gasteiger partial charge in [-0.1, -0.05) is 0 Å². The average Bonchev–Trinajstić information content (AvgIpc) is 2.59. The third-order valence-electron chi connectivity index (χ3n) is 3.75. The molecule has 0 aromatic carbocycles. The van der Waals surface area contributed by atoms with Crippen molar-refractivity contribution < 1.29 is 93.1 Å². The molecule has 0 aliphatic heterocycles. The van der Waals surface area contributed by atoms with Crippen molar-refractivity contribution in [3.63, 3.8) is 0 Å². The second-order valence-electron chi connectivity index (χ2n) is 6.12. The molecule has 1 atom stereocenters. The molecular formula is C12H10F17O4P. The normalized spacial score (nSPS) is 17.6. The molecule has 0 fully saturated rings. The van der Waals surface area contributed by atoms with E-state index in [0.29, 0.717) is 0 Å². The van der Waals surface area contributed by atoms with Gasteiger partial charge in [-0.3, -0.25) is 9.05 Å². The van der Waals surface area contributed by atoms with Crippen LogP contribution in [0.25, 0.3) is 0 Å². The summed E-state index contributed by atoms with van der Waals surface area (Å²) in [5.74, 6) is -57.2. The first-order valence-electron chi connectivity index (χ1n) is 7.85. The summed E-state index contributed by atoms with van der Waals surface area (Å²) in [5, 5.41) is 0. The Bertz CT molecular complexity index is 762. The Morgan fingerprint density at radius 3 is 1.24 bits per heavy atom. The van der Waals surface area contributed by atoms with Crippen molar-refractivity contribution in [1.29, 1.82) is 0 Å². The van der Waals surface area contributed by atoms with E-state index < -0.39 is 75.1 Å². The van der Waals surface area contributed by atoms with Gasteiger partial charge >= 0.3 is 55.5 Å². The van der Waals surface area contributed by atoms with E-state index in [1.54, 1.807) is 0 Å². The maximum absolute atomic E-state index is 13.5. The Morgan fingerprint density at radius 1 is 0.588 bits per heavy atom. The lowest BCUT2D eigenvalue weighted by Crippen LogP contribution is -2.74. The Hall–Kier alpha value is -1.08. The maximum atomic E-state index is 13.5. The topological polar surface area (TPSA) is 55.8 Å². The molecule has 4 nitrogen and oxygen atoms in total. The van der Waals surface area contributed by atoms with Crippen LogP contribution in [0.15, 0.2) is 0 Å². The maximum Gasteiger partial charge on any atom is 0.472 e. The standard InChI is InChI=1S/C12H10F17O4P/c1-2-32-34(30,31)33-4-3-5(13,14)6(15,16)7(17,18)8(19,20)9(21,22)10(23,24)11(25,26)12(27,28)29/h2-4H2,1H3,(H,30,31). The molecule has 1 unspecified atom stereocenters. The number of hydrogen-bond donors (Lipinski definition) is 1. The number of hydrogen-bond acceptors (Lipinski definition) is 3. The third-order valence-corrected chi connectivity index (χ3v) is 4.84. The highest BCUT2D eigenvalue weighted by molar-refractivity contribution is 7.47. The molecule has 0 aliphatic carbocycles. The van der Waals surface area contributed by atoms with Crippen molar-refractivity contribution in [2.75, 3.05) is 13.2 Å². The van der Waals surface area contributed by atoms with Crippen LogP contribution in [0.1, 0.15) is 13.3 Å². The predicted molar refractivity (Wildman–Crippen MR) is 72.7 cm³/mol. The van der Waals surface area contributed by atoms with E-state index in [1.807, 2.05) is 0 Å². The van der Waals surface area contributed by atoms with Crippen LogP contribution in [0.5, 0.6) is 0 Å². The van der Waals surface area contributed by atoms with Crippen molar-refractivity contribution in [2.45, 2.75) is 61.0 Å². The van der Waals surface area contributed by atoms with Crippen LogP contribution in [0, 0.1) is 0 Å². The number of phosphoric ester groups is 1. The molecule has 0 aromatic rings. The van der Waals surface area contributed by atoms with E-state index in [1.165, 1.54) is 0 Å². The van der Waals surface area contributed by atoms with Crippen LogP contribution >= 0.6 is 7.82 Å². The SMILES string of the molecule is CCOP(=O)(O)OCCC(F)(F)C(F)(F)C(F)(F)C(F)(F)C(F)(F)C(F)(F)C(F)(F)C(F)(F)F. The lowest BCUT2D eigenvalue weighted by Gasteiger charge is -2.42. The number of halogens is 17. The van der Waals surface area contributed by atoms with Gasteiger partial charge in [-0.2, -0.15) is 74.6 Å². The molecule has 0 aliphatic rings. The summed E-state index contributed by atoms with van der Waals surface area (Å²) in [6.07, 6.45) is -10.8. The Kier molecular flexibility index (Phi) is 8.81. The van der Waals surface area contributed by atoms with Crippen LogP contribution in [0.4, 0.5) is 74.6 Å². The fraction of sp³-hybridized carbons (Fsp3) is 1.00. The second-order valence-corrected chi connectivity index (χ2v) is 7.57. The quantitative estimate of drug-likeness (QED) is 0.213. The molecule has 0 saturated carbocycles. The smallest absolute Gasteiger partial charge is 0.302 e. The summed E-state index contributed by atoms with van der Waals surface area (Å²) in [5.41, 5.74) is 0. The summed E-state index contributed by atoms with van der Waals surface area (Å²) < 4.78 is 240. The molecule has 0 radical (unpaired) electrons. The third kappa shape index (κ3) is 5.07. The monoisotopic (exact) mass is 572 g/mol. The largest absolute Gasteiger partial charge is 0.472 e. The van der Waals surface area contributed by atoms with Crippen molar-refractivity contribution in [3.8, 4) is 0 Å². The summed E-state index contributed by atoms with van der Waals surface area (Å²) in [7, 11) is -5.31. The van der Waals surface area contributed by atoms with Gasteiger partial charge in [-0.25, -0.2) is 4.57 Å². The number of alkyl halides is 17. The molecule has 1 N–H and O–H groups in total. The zero-order valence-electron chi connectivity index (χ0n) is 15.7. The van der Waals surface area contributed by atoms with Crippen molar-refractivity contribution in [2.24, 2.45) is 0 Å². The van der Waals surface area contributed by atoms with Gasteiger partial charge in [-0.15, -0.1) is 0 Å². The molecule has 34 heavy (non-hydrogen) atoms. The average molecular weight is 572 g/mol. The van der Waals surface area contributed by atoms with E-state index in [0.717, 1.165) is 6.92 Å². The zero-order chi connectivity index (χ0) is 28.0. The zero-order valence-corrected chi connectivity index (χ0v) is 16.6. The van der Waals surface area contributed by atoms with Gasteiger partial charge in [0.2, 0.25) is 0 Å². The molecular weight excluding hydrogens is 562 g/mol. The van der Waals surface area contributed by atoms with E-state index in [2.05, 4.69) is 9.05 Å². The first-order valence-corrected chi connectivity index (χ1v) is 9.34. The molecule has 0 aromatic heterocycles. The Labute approximate surface area is 176 Å². The van der Waals surface area contributed by atoms with Gasteiger partial charge in [-0.05, 0) is 6.92 Å². The fourth-order valence-electron chi connectivity index (χ4n) is 1.84. The minimum Gasteiger partial charge on any atom is -0.302 e. The molecule has 0 amide bonds. The molecule has 22 heteroatoms. The second kappa shape index (κ2) is 9.10. The van der Waals surface area contributed by atoms with Crippen molar-refractivity contribution in [1.82, 2.24) is 0 Å². The van der Waals surface area contributed by atoms with Gasteiger partial charge in [0.15, 0.2) is 0 Å². The molecule has 0 rings (SSSR count). The molecule has 0 heterocycles. The summed E-state index contributed by atoms with van der Waals surface area (Å²) in [4.78, 5) is 8.81. The number of phosphoric acid groups is 1. The molecule has 206 valence electrons. The van der Waals surface area contributed by atoms with Gasteiger partial charge in [0, 0.05) is 6.42 Å².